The molecule has 0 saturated carbocycles. The molecule has 130 valence electrons. The van der Waals surface area contributed by atoms with Crippen molar-refractivity contribution < 1.29 is 0 Å². The number of aryl methyl sites for hydroxylation is 3. The van der Waals surface area contributed by atoms with Gasteiger partial charge in [-0.05, 0) is 56.2 Å². The molecule has 0 aliphatic heterocycles. The Balaban J connectivity index is 0.00000208. The van der Waals surface area contributed by atoms with Crippen LogP contribution in [0.2, 0.25) is 0 Å². The van der Waals surface area contributed by atoms with E-state index in [9.17, 15) is 0 Å². The van der Waals surface area contributed by atoms with Crippen molar-refractivity contribution >= 4 is 47.0 Å². The zero-order valence-corrected chi connectivity index (χ0v) is 17.2. The zero-order chi connectivity index (χ0) is 16.1. The minimum absolute atomic E-state index is 0. The van der Waals surface area contributed by atoms with Crippen LogP contribution in [0.4, 0.5) is 5.69 Å². The lowest BCUT2D eigenvalue weighted by Gasteiger charge is -2.19. The normalized spacial score (nSPS) is 14.0. The standard InChI is InChI=1S/C18H24N4S.HI/c1-13-12-23-17(21-13)10-5-11-20-18(19)22-16-9-4-7-14-6-2-3-8-15(14)16;/h4,7,9,12H,2-3,5-6,8,10-11H2,1H3,(H3,19,20,22);1H. The number of anilines is 1. The third-order valence-corrected chi connectivity index (χ3v) is 5.18. The number of nitrogens with two attached hydrogens (primary N) is 1. The average molecular weight is 456 g/mol. The van der Waals surface area contributed by atoms with E-state index < -0.39 is 0 Å². The van der Waals surface area contributed by atoms with Gasteiger partial charge in [0.15, 0.2) is 5.96 Å². The van der Waals surface area contributed by atoms with E-state index >= 15 is 0 Å². The number of hydrogen-bond donors (Lipinski definition) is 2. The molecule has 1 aromatic carbocycles. The quantitative estimate of drug-likeness (QED) is 0.305. The molecule has 0 unspecified atom stereocenters. The molecule has 0 amide bonds. The van der Waals surface area contributed by atoms with Crippen LogP contribution in [-0.2, 0) is 19.3 Å². The van der Waals surface area contributed by atoms with Crippen LogP contribution in [0.15, 0.2) is 28.6 Å². The van der Waals surface area contributed by atoms with Gasteiger partial charge in [-0.25, -0.2) is 4.98 Å². The number of halogens is 1. The lowest BCUT2D eigenvalue weighted by molar-refractivity contribution is 0.687. The number of nitrogens with zero attached hydrogens (tertiary/aromatic N) is 2. The summed E-state index contributed by atoms with van der Waals surface area (Å²) in [6, 6.07) is 6.43. The molecule has 3 rings (SSSR count). The van der Waals surface area contributed by atoms with Gasteiger partial charge in [0.05, 0.1) is 5.01 Å². The minimum atomic E-state index is 0. The smallest absolute Gasteiger partial charge is 0.193 e. The highest BCUT2D eigenvalue weighted by atomic mass is 127. The van der Waals surface area contributed by atoms with Gasteiger partial charge in [0.25, 0.3) is 0 Å². The predicted octanol–water partition coefficient (Wildman–Crippen LogP) is 4.31. The lowest BCUT2D eigenvalue weighted by atomic mass is 9.90. The first-order valence-corrected chi connectivity index (χ1v) is 9.19. The molecule has 0 bridgehead atoms. The fourth-order valence-corrected chi connectivity index (χ4v) is 3.84. The van der Waals surface area contributed by atoms with Gasteiger partial charge in [0, 0.05) is 29.7 Å². The second-order valence-corrected chi connectivity index (χ2v) is 6.97. The maximum absolute atomic E-state index is 6.05. The molecule has 1 aliphatic carbocycles. The highest BCUT2D eigenvalue weighted by Crippen LogP contribution is 2.27. The van der Waals surface area contributed by atoms with E-state index in [-0.39, 0.29) is 24.0 Å². The van der Waals surface area contributed by atoms with Crippen LogP contribution >= 0.6 is 35.3 Å². The molecule has 0 fully saturated rings. The van der Waals surface area contributed by atoms with Crippen molar-refractivity contribution in [2.24, 2.45) is 10.7 Å². The third kappa shape index (κ3) is 5.17. The molecule has 0 radical (unpaired) electrons. The molecule has 0 spiro atoms. The van der Waals surface area contributed by atoms with Crippen molar-refractivity contribution in [3.05, 3.63) is 45.4 Å². The highest BCUT2D eigenvalue weighted by molar-refractivity contribution is 14.0. The van der Waals surface area contributed by atoms with Gasteiger partial charge in [-0.15, -0.1) is 35.3 Å². The van der Waals surface area contributed by atoms with E-state index in [1.54, 1.807) is 11.3 Å². The van der Waals surface area contributed by atoms with E-state index in [0.717, 1.165) is 37.2 Å². The Kier molecular flexibility index (Phi) is 7.48. The number of nitrogens with one attached hydrogen (secondary N) is 1. The number of rotatable bonds is 5. The molecule has 1 aliphatic rings. The summed E-state index contributed by atoms with van der Waals surface area (Å²) in [6.07, 6.45) is 6.80. The molecular weight excluding hydrogens is 431 g/mol. The summed E-state index contributed by atoms with van der Waals surface area (Å²) in [6.45, 7) is 2.76. The van der Waals surface area contributed by atoms with Gasteiger partial charge in [-0.1, -0.05) is 12.1 Å². The Morgan fingerprint density at radius 1 is 1.33 bits per heavy atom. The summed E-state index contributed by atoms with van der Waals surface area (Å²) in [5.41, 5.74) is 11.1. The molecule has 6 heteroatoms. The number of fused-ring (bicyclic) bond motifs is 1. The summed E-state index contributed by atoms with van der Waals surface area (Å²) in [4.78, 5) is 8.92. The van der Waals surface area contributed by atoms with Crippen LogP contribution in [0.5, 0.6) is 0 Å². The predicted molar refractivity (Wildman–Crippen MR) is 114 cm³/mol. The van der Waals surface area contributed by atoms with Gasteiger partial charge in [0.1, 0.15) is 0 Å². The molecule has 24 heavy (non-hydrogen) atoms. The summed E-state index contributed by atoms with van der Waals surface area (Å²) >= 11 is 1.72. The van der Waals surface area contributed by atoms with E-state index in [1.807, 2.05) is 6.92 Å². The molecule has 3 N–H and O–H groups in total. The lowest BCUT2D eigenvalue weighted by Crippen LogP contribution is -2.24. The summed E-state index contributed by atoms with van der Waals surface area (Å²) in [5.74, 6) is 0.513. The van der Waals surface area contributed by atoms with Crippen LogP contribution in [0.25, 0.3) is 0 Å². The zero-order valence-electron chi connectivity index (χ0n) is 14.0. The average Bonchev–Trinajstić information content (AvgIpc) is 2.97. The van der Waals surface area contributed by atoms with Crippen LogP contribution in [0, 0.1) is 6.92 Å². The first-order valence-electron chi connectivity index (χ1n) is 8.31. The van der Waals surface area contributed by atoms with E-state index in [1.165, 1.54) is 35.4 Å². The summed E-state index contributed by atoms with van der Waals surface area (Å²) in [7, 11) is 0. The van der Waals surface area contributed by atoms with Crippen LogP contribution < -0.4 is 11.1 Å². The first kappa shape index (κ1) is 19.2. The molecule has 0 saturated heterocycles. The van der Waals surface area contributed by atoms with Gasteiger partial charge < -0.3 is 11.1 Å². The number of guanidine groups is 1. The largest absolute Gasteiger partial charge is 0.370 e. The van der Waals surface area contributed by atoms with Gasteiger partial charge in [-0.3, -0.25) is 4.99 Å². The maximum atomic E-state index is 6.05. The van der Waals surface area contributed by atoms with Crippen LogP contribution in [0.3, 0.4) is 0 Å². The SMILES string of the molecule is Cc1csc(CCCN=C(N)Nc2cccc3c2CCCC3)n1.I. The van der Waals surface area contributed by atoms with Crippen molar-refractivity contribution in [3.63, 3.8) is 0 Å². The van der Waals surface area contributed by atoms with Gasteiger partial charge in [0.2, 0.25) is 0 Å². The Morgan fingerprint density at radius 3 is 2.96 bits per heavy atom. The minimum Gasteiger partial charge on any atom is -0.370 e. The summed E-state index contributed by atoms with van der Waals surface area (Å²) in [5, 5.41) is 6.56. The van der Waals surface area contributed by atoms with Crippen LogP contribution in [-0.4, -0.2) is 17.5 Å². The molecule has 0 atom stereocenters. The number of hydrogen-bond acceptors (Lipinski definition) is 3. The molecule has 1 aromatic heterocycles. The van der Waals surface area contributed by atoms with E-state index in [4.69, 9.17) is 5.73 Å². The number of aromatic nitrogens is 1. The summed E-state index contributed by atoms with van der Waals surface area (Å²) < 4.78 is 0. The van der Waals surface area contributed by atoms with Crippen molar-refractivity contribution in [1.29, 1.82) is 0 Å². The second-order valence-electron chi connectivity index (χ2n) is 6.03. The Morgan fingerprint density at radius 2 is 2.17 bits per heavy atom. The van der Waals surface area contributed by atoms with Gasteiger partial charge in [-0.2, -0.15) is 0 Å². The Bertz CT molecular complexity index is 696. The van der Waals surface area contributed by atoms with Crippen molar-refractivity contribution in [3.8, 4) is 0 Å². The Hall–Kier alpha value is -1.15. The van der Waals surface area contributed by atoms with Gasteiger partial charge >= 0.3 is 0 Å². The van der Waals surface area contributed by atoms with E-state index in [2.05, 4.69) is 38.9 Å². The first-order chi connectivity index (χ1) is 11.2. The monoisotopic (exact) mass is 456 g/mol. The maximum Gasteiger partial charge on any atom is 0.193 e. The number of thiazole rings is 1. The number of benzene rings is 1. The highest BCUT2D eigenvalue weighted by Gasteiger charge is 2.12. The van der Waals surface area contributed by atoms with Crippen molar-refractivity contribution in [1.82, 2.24) is 4.98 Å². The van der Waals surface area contributed by atoms with E-state index in [0.29, 0.717) is 5.96 Å². The fourth-order valence-electron chi connectivity index (χ4n) is 3.02. The second kappa shape index (κ2) is 9.36. The third-order valence-electron chi connectivity index (χ3n) is 4.16. The molecule has 2 aromatic rings. The topological polar surface area (TPSA) is 63.3 Å². The van der Waals surface area contributed by atoms with Crippen molar-refractivity contribution in [2.45, 2.75) is 45.4 Å². The molecule has 4 nitrogen and oxygen atoms in total. The molecular formula is C18H25IN4S. The Labute approximate surface area is 165 Å². The number of aliphatic imine (C=N–C) groups is 1. The van der Waals surface area contributed by atoms with Crippen LogP contribution in [0.1, 0.15) is 41.1 Å². The van der Waals surface area contributed by atoms with Crippen molar-refractivity contribution in [2.75, 3.05) is 11.9 Å². The molecule has 1 heterocycles. The fraction of sp³-hybridized carbons (Fsp3) is 0.444.